The number of hydrogen-bond donors (Lipinski definition) is 2. The quantitative estimate of drug-likeness (QED) is 0.673. The molecule has 1 aliphatic rings. The van der Waals surface area contributed by atoms with Crippen LogP contribution in [0.1, 0.15) is 44.5 Å². The number of carbonyl (C=O) groups excluding carboxylic acids is 3. The second-order valence-electron chi connectivity index (χ2n) is 7.03. The smallest absolute Gasteiger partial charge is 0.342 e. The first-order valence-corrected chi connectivity index (χ1v) is 10.2. The van der Waals surface area contributed by atoms with Gasteiger partial charge in [-0.2, -0.15) is 0 Å². The molecule has 0 fully saturated rings. The number of amides is 1. The Bertz CT molecular complexity index is 982. The number of thiophene rings is 1. The first-order chi connectivity index (χ1) is 14.3. The number of para-hydroxylation sites is 1. The fraction of sp³-hybridized carbons (Fsp3) is 0.381. The largest absolute Gasteiger partial charge is 0.504 e. The Morgan fingerprint density at radius 3 is 2.70 bits per heavy atom. The maximum Gasteiger partial charge on any atom is 0.342 e. The van der Waals surface area contributed by atoms with Crippen LogP contribution in [-0.2, 0) is 27.1 Å². The van der Waals surface area contributed by atoms with Gasteiger partial charge in [-0.3, -0.25) is 4.79 Å². The van der Waals surface area contributed by atoms with Gasteiger partial charge in [0, 0.05) is 4.88 Å². The average Bonchev–Trinajstić information content (AvgIpc) is 3.08. The van der Waals surface area contributed by atoms with E-state index in [-0.39, 0.29) is 17.1 Å². The van der Waals surface area contributed by atoms with Gasteiger partial charge in [0.15, 0.2) is 18.1 Å². The van der Waals surface area contributed by atoms with Gasteiger partial charge in [0.2, 0.25) is 0 Å². The third kappa shape index (κ3) is 4.40. The van der Waals surface area contributed by atoms with Crippen LogP contribution in [0.15, 0.2) is 18.2 Å². The predicted molar refractivity (Wildman–Crippen MR) is 110 cm³/mol. The summed E-state index contributed by atoms with van der Waals surface area (Å²) in [7, 11) is 2.66. The minimum atomic E-state index is -0.867. The molecule has 9 heteroatoms. The van der Waals surface area contributed by atoms with Crippen LogP contribution in [0.2, 0.25) is 0 Å². The Morgan fingerprint density at radius 1 is 1.23 bits per heavy atom. The van der Waals surface area contributed by atoms with Crippen molar-refractivity contribution in [3.05, 3.63) is 39.8 Å². The molecule has 0 aliphatic heterocycles. The van der Waals surface area contributed by atoms with Crippen molar-refractivity contribution < 1.29 is 33.7 Å². The normalized spacial score (nSPS) is 15.1. The molecule has 1 atom stereocenters. The number of ether oxygens (including phenoxy) is 3. The van der Waals surface area contributed by atoms with Crippen LogP contribution in [0.5, 0.6) is 11.5 Å². The molecule has 1 unspecified atom stereocenters. The fourth-order valence-corrected chi connectivity index (χ4v) is 4.80. The number of fused-ring (bicyclic) bond motifs is 1. The lowest BCUT2D eigenvalue weighted by Gasteiger charge is -2.18. The van der Waals surface area contributed by atoms with Gasteiger partial charge >= 0.3 is 11.9 Å². The molecule has 2 N–H and O–H groups in total. The molecule has 0 radical (unpaired) electrons. The van der Waals surface area contributed by atoms with Crippen LogP contribution in [0.4, 0.5) is 5.00 Å². The van der Waals surface area contributed by atoms with Crippen molar-refractivity contribution in [2.75, 3.05) is 26.1 Å². The lowest BCUT2D eigenvalue weighted by molar-refractivity contribution is -0.119. The summed E-state index contributed by atoms with van der Waals surface area (Å²) in [6, 6.07) is 4.38. The molecule has 2 aromatic rings. The van der Waals surface area contributed by atoms with Gasteiger partial charge in [-0.15, -0.1) is 11.3 Å². The number of nitrogens with one attached hydrogen (secondary N) is 1. The van der Waals surface area contributed by atoms with Crippen LogP contribution in [0.25, 0.3) is 0 Å². The van der Waals surface area contributed by atoms with E-state index >= 15 is 0 Å². The molecule has 8 nitrogen and oxygen atoms in total. The maximum atomic E-state index is 12.4. The van der Waals surface area contributed by atoms with E-state index in [1.54, 1.807) is 0 Å². The molecule has 1 aromatic carbocycles. The third-order valence-electron chi connectivity index (χ3n) is 4.93. The van der Waals surface area contributed by atoms with Gasteiger partial charge in [-0.1, -0.05) is 13.0 Å². The second kappa shape index (κ2) is 9.17. The first kappa shape index (κ1) is 21.6. The second-order valence-corrected chi connectivity index (χ2v) is 8.13. The van der Waals surface area contributed by atoms with E-state index in [2.05, 4.69) is 12.2 Å². The number of aromatic hydroxyl groups is 1. The lowest BCUT2D eigenvalue weighted by atomic mass is 9.88. The summed E-state index contributed by atoms with van der Waals surface area (Å²) in [6.07, 6.45) is 2.55. The highest BCUT2D eigenvalue weighted by molar-refractivity contribution is 7.17. The first-order valence-electron chi connectivity index (χ1n) is 9.41. The SMILES string of the molecule is COC(=O)c1c(NC(=O)COC(=O)c2cccc(OC)c2O)sc2c1CCC(C)C2. The molecule has 0 bridgehead atoms. The van der Waals surface area contributed by atoms with E-state index < -0.39 is 24.5 Å². The van der Waals surface area contributed by atoms with Crippen LogP contribution < -0.4 is 10.1 Å². The summed E-state index contributed by atoms with van der Waals surface area (Å²) in [6.45, 7) is 1.57. The number of methoxy groups -OCH3 is 2. The molecule has 1 amide bonds. The van der Waals surface area contributed by atoms with Crippen LogP contribution >= 0.6 is 11.3 Å². The molecule has 0 saturated carbocycles. The average molecular weight is 433 g/mol. The molecule has 0 saturated heterocycles. The Labute approximate surface area is 177 Å². The van der Waals surface area contributed by atoms with E-state index in [9.17, 15) is 19.5 Å². The molecule has 160 valence electrons. The number of benzene rings is 1. The van der Waals surface area contributed by atoms with E-state index in [0.717, 1.165) is 29.7 Å². The molecule has 1 aromatic heterocycles. The van der Waals surface area contributed by atoms with Crippen molar-refractivity contribution in [1.82, 2.24) is 0 Å². The number of carbonyl (C=O) groups is 3. The zero-order valence-electron chi connectivity index (χ0n) is 16.9. The van der Waals surface area contributed by atoms with Crippen molar-refractivity contribution >= 4 is 34.2 Å². The predicted octanol–water partition coefficient (Wildman–Crippen LogP) is 3.17. The van der Waals surface area contributed by atoms with Crippen molar-refractivity contribution in [2.45, 2.75) is 26.2 Å². The summed E-state index contributed by atoms with van der Waals surface area (Å²) in [4.78, 5) is 37.9. The van der Waals surface area contributed by atoms with Gasteiger partial charge in [0.1, 0.15) is 10.6 Å². The molecule has 1 heterocycles. The molecular weight excluding hydrogens is 410 g/mol. The summed E-state index contributed by atoms with van der Waals surface area (Å²) in [5.74, 6) is -1.71. The number of phenolic OH excluding ortho intramolecular Hbond substituents is 1. The highest BCUT2D eigenvalue weighted by Gasteiger charge is 2.29. The summed E-state index contributed by atoms with van der Waals surface area (Å²) in [5, 5.41) is 13.1. The number of hydrogen-bond acceptors (Lipinski definition) is 8. The number of esters is 2. The number of anilines is 1. The Balaban J connectivity index is 1.71. The number of rotatable bonds is 6. The number of phenols is 1. The fourth-order valence-electron chi connectivity index (χ4n) is 3.38. The molecule has 30 heavy (non-hydrogen) atoms. The van der Waals surface area contributed by atoms with Gasteiger partial charge in [-0.05, 0) is 42.9 Å². The standard InChI is InChI=1S/C21H23NO7S/c1-11-7-8-12-15(9-11)30-19(17(12)21(26)28-3)22-16(23)10-29-20(25)13-5-4-6-14(27-2)18(13)24/h4-6,11,24H,7-10H2,1-3H3,(H,22,23). The molecular formula is C21H23NO7S. The van der Waals surface area contributed by atoms with Crippen LogP contribution in [0, 0.1) is 5.92 Å². The van der Waals surface area contributed by atoms with Crippen molar-refractivity contribution in [3.63, 3.8) is 0 Å². The lowest BCUT2D eigenvalue weighted by Crippen LogP contribution is -2.22. The Hall–Kier alpha value is -3.07. The van der Waals surface area contributed by atoms with Gasteiger partial charge < -0.3 is 24.6 Å². The minimum Gasteiger partial charge on any atom is -0.504 e. The monoisotopic (exact) mass is 433 g/mol. The highest BCUT2D eigenvalue weighted by atomic mass is 32.1. The van der Waals surface area contributed by atoms with E-state index in [4.69, 9.17) is 14.2 Å². The van der Waals surface area contributed by atoms with Crippen molar-refractivity contribution in [3.8, 4) is 11.5 Å². The Kier molecular flexibility index (Phi) is 6.61. The molecule has 0 spiro atoms. The third-order valence-corrected chi connectivity index (χ3v) is 6.10. The maximum absolute atomic E-state index is 12.4. The van der Waals surface area contributed by atoms with Crippen molar-refractivity contribution in [2.24, 2.45) is 5.92 Å². The minimum absolute atomic E-state index is 0.113. The zero-order chi connectivity index (χ0) is 21.8. The van der Waals surface area contributed by atoms with E-state index in [1.807, 2.05) is 0 Å². The topological polar surface area (TPSA) is 111 Å². The Morgan fingerprint density at radius 2 is 2.00 bits per heavy atom. The molecule has 1 aliphatic carbocycles. The highest BCUT2D eigenvalue weighted by Crippen LogP contribution is 2.40. The van der Waals surface area contributed by atoms with Gasteiger partial charge in [-0.25, -0.2) is 9.59 Å². The summed E-state index contributed by atoms with van der Waals surface area (Å²) in [5.41, 5.74) is 1.17. The van der Waals surface area contributed by atoms with Crippen molar-refractivity contribution in [1.29, 1.82) is 0 Å². The molecule has 3 rings (SSSR count). The van der Waals surface area contributed by atoms with Gasteiger partial charge in [0.25, 0.3) is 5.91 Å². The summed E-state index contributed by atoms with van der Waals surface area (Å²) < 4.78 is 14.9. The van der Waals surface area contributed by atoms with E-state index in [0.29, 0.717) is 16.5 Å². The summed E-state index contributed by atoms with van der Waals surface area (Å²) >= 11 is 1.35. The van der Waals surface area contributed by atoms with Crippen LogP contribution in [-0.4, -0.2) is 43.8 Å². The van der Waals surface area contributed by atoms with Crippen LogP contribution in [0.3, 0.4) is 0 Å². The van der Waals surface area contributed by atoms with E-state index in [1.165, 1.54) is 43.8 Å². The zero-order valence-corrected chi connectivity index (χ0v) is 17.8. The van der Waals surface area contributed by atoms with Gasteiger partial charge in [0.05, 0.1) is 19.8 Å².